The van der Waals surface area contributed by atoms with E-state index in [1.165, 1.54) is 6.20 Å². The molecule has 1 heterocycles. The van der Waals surface area contributed by atoms with Crippen molar-refractivity contribution in [1.82, 2.24) is 19.8 Å². The third-order valence-electron chi connectivity index (χ3n) is 3.51. The van der Waals surface area contributed by atoms with Gasteiger partial charge in [-0.25, -0.2) is 13.1 Å². The number of nitrogens with one attached hydrogen (secondary N) is 2. The Kier molecular flexibility index (Phi) is 4.82. The molecule has 20 heavy (non-hydrogen) atoms. The Morgan fingerprint density at radius 1 is 1.45 bits per heavy atom. The van der Waals surface area contributed by atoms with Gasteiger partial charge < -0.3 is 5.32 Å². The first-order chi connectivity index (χ1) is 9.37. The van der Waals surface area contributed by atoms with Gasteiger partial charge in [0.05, 0.1) is 12.7 Å². The molecule has 0 radical (unpaired) electrons. The zero-order chi connectivity index (χ0) is 14.8. The molecule has 1 aromatic rings. The van der Waals surface area contributed by atoms with E-state index in [0.717, 1.165) is 19.4 Å². The molecule has 1 aliphatic carbocycles. The van der Waals surface area contributed by atoms with E-state index in [1.54, 1.807) is 10.9 Å². The predicted octanol–water partition coefficient (Wildman–Crippen LogP) is 0.958. The van der Waals surface area contributed by atoms with E-state index in [4.69, 9.17) is 0 Å². The summed E-state index contributed by atoms with van der Waals surface area (Å²) in [6.45, 7) is 7.70. The number of hydrogen-bond donors (Lipinski definition) is 2. The first-order valence-electron chi connectivity index (χ1n) is 7.15. The van der Waals surface area contributed by atoms with Gasteiger partial charge in [-0.05, 0) is 18.8 Å². The predicted molar refractivity (Wildman–Crippen MR) is 77.9 cm³/mol. The molecule has 0 amide bonds. The molecule has 1 fully saturated rings. The average Bonchev–Trinajstić information content (AvgIpc) is 2.75. The van der Waals surface area contributed by atoms with Crippen molar-refractivity contribution in [2.24, 2.45) is 5.92 Å². The lowest BCUT2D eigenvalue weighted by Gasteiger charge is -2.32. The molecule has 0 saturated heterocycles. The summed E-state index contributed by atoms with van der Waals surface area (Å²) in [5, 5.41) is 7.37. The number of rotatable bonds is 7. The maximum Gasteiger partial charge on any atom is 0.243 e. The molecule has 1 aromatic heterocycles. The molecule has 1 aliphatic rings. The van der Waals surface area contributed by atoms with Crippen molar-refractivity contribution in [2.75, 3.05) is 6.54 Å². The van der Waals surface area contributed by atoms with Crippen LogP contribution in [-0.2, 0) is 16.6 Å². The first kappa shape index (κ1) is 15.5. The Morgan fingerprint density at radius 2 is 2.15 bits per heavy atom. The normalized spacial score (nSPS) is 23.0. The molecule has 2 N–H and O–H groups in total. The summed E-state index contributed by atoms with van der Waals surface area (Å²) >= 11 is 0. The van der Waals surface area contributed by atoms with E-state index in [2.05, 4.69) is 35.9 Å². The Morgan fingerprint density at radius 3 is 2.75 bits per heavy atom. The largest absolute Gasteiger partial charge is 0.313 e. The van der Waals surface area contributed by atoms with Gasteiger partial charge in [-0.15, -0.1) is 0 Å². The molecule has 114 valence electrons. The number of hydrogen-bond acceptors (Lipinski definition) is 4. The SMILES string of the molecule is CC1CC(NS(=O)(=O)c2cnn(CCNC(C)C)c2)C1. The summed E-state index contributed by atoms with van der Waals surface area (Å²) in [7, 11) is -3.42. The van der Waals surface area contributed by atoms with Gasteiger partial charge in [0.15, 0.2) is 0 Å². The van der Waals surface area contributed by atoms with Crippen molar-refractivity contribution in [3.63, 3.8) is 0 Å². The Bertz CT molecular complexity index is 532. The van der Waals surface area contributed by atoms with Crippen molar-refractivity contribution in [1.29, 1.82) is 0 Å². The minimum atomic E-state index is -3.42. The summed E-state index contributed by atoms with van der Waals surface area (Å²) in [6, 6.07) is 0.497. The van der Waals surface area contributed by atoms with Gasteiger partial charge in [0.2, 0.25) is 10.0 Å². The summed E-state index contributed by atoms with van der Waals surface area (Å²) in [5.74, 6) is 0.618. The van der Waals surface area contributed by atoms with Crippen LogP contribution in [0.25, 0.3) is 0 Å². The molecule has 7 heteroatoms. The van der Waals surface area contributed by atoms with Gasteiger partial charge in [0, 0.05) is 24.8 Å². The maximum atomic E-state index is 12.2. The molecule has 2 rings (SSSR count). The van der Waals surface area contributed by atoms with Gasteiger partial charge in [-0.3, -0.25) is 4.68 Å². The molecule has 6 nitrogen and oxygen atoms in total. The lowest BCUT2D eigenvalue weighted by Crippen LogP contribution is -2.43. The van der Waals surface area contributed by atoms with Crippen LogP contribution < -0.4 is 10.0 Å². The van der Waals surface area contributed by atoms with Crippen molar-refractivity contribution in [3.05, 3.63) is 12.4 Å². The average molecular weight is 300 g/mol. The van der Waals surface area contributed by atoms with Crippen LogP contribution in [-0.4, -0.2) is 36.8 Å². The van der Waals surface area contributed by atoms with Crippen molar-refractivity contribution >= 4 is 10.0 Å². The fourth-order valence-electron chi connectivity index (χ4n) is 2.36. The topological polar surface area (TPSA) is 76.0 Å². The van der Waals surface area contributed by atoms with Crippen molar-refractivity contribution in [2.45, 2.75) is 57.1 Å². The Balaban J connectivity index is 1.90. The van der Waals surface area contributed by atoms with Crippen LogP contribution in [0, 0.1) is 5.92 Å². The van der Waals surface area contributed by atoms with E-state index in [0.29, 0.717) is 18.5 Å². The highest BCUT2D eigenvalue weighted by Gasteiger charge is 2.30. The van der Waals surface area contributed by atoms with Gasteiger partial charge in [-0.2, -0.15) is 5.10 Å². The number of nitrogens with zero attached hydrogens (tertiary/aromatic N) is 2. The summed E-state index contributed by atoms with van der Waals surface area (Å²) in [5.41, 5.74) is 0. The molecular formula is C13H24N4O2S. The van der Waals surface area contributed by atoms with Crippen LogP contribution >= 0.6 is 0 Å². The summed E-state index contributed by atoms with van der Waals surface area (Å²) in [4.78, 5) is 0.251. The quantitative estimate of drug-likeness (QED) is 0.786. The fraction of sp³-hybridized carbons (Fsp3) is 0.769. The lowest BCUT2D eigenvalue weighted by molar-refractivity contribution is 0.270. The molecule has 0 spiro atoms. The number of sulfonamides is 1. The summed E-state index contributed by atoms with van der Waals surface area (Å²) in [6.07, 6.45) is 4.85. The van der Waals surface area contributed by atoms with Gasteiger partial charge >= 0.3 is 0 Å². The standard InChI is InChI=1S/C13H24N4O2S/c1-10(2)14-4-5-17-9-13(8-15-17)20(18,19)16-12-6-11(3)7-12/h8-12,14,16H,4-7H2,1-3H3. The molecule has 0 bridgehead atoms. The third kappa shape index (κ3) is 4.04. The van der Waals surface area contributed by atoms with Gasteiger partial charge in [0.25, 0.3) is 0 Å². The molecule has 0 aliphatic heterocycles. The van der Waals surface area contributed by atoms with E-state index in [1.807, 2.05) is 0 Å². The maximum absolute atomic E-state index is 12.2. The zero-order valence-electron chi connectivity index (χ0n) is 12.3. The smallest absolute Gasteiger partial charge is 0.243 e. The Hall–Kier alpha value is -0.920. The molecule has 1 saturated carbocycles. The second-order valence-electron chi connectivity index (χ2n) is 5.94. The minimum absolute atomic E-state index is 0.0842. The van der Waals surface area contributed by atoms with E-state index >= 15 is 0 Å². The van der Waals surface area contributed by atoms with Gasteiger partial charge in [0.1, 0.15) is 4.90 Å². The molecule has 0 unspecified atom stereocenters. The highest BCUT2D eigenvalue weighted by atomic mass is 32.2. The molecular weight excluding hydrogens is 276 g/mol. The third-order valence-corrected chi connectivity index (χ3v) is 4.98. The van der Waals surface area contributed by atoms with E-state index in [-0.39, 0.29) is 10.9 Å². The van der Waals surface area contributed by atoms with Crippen LogP contribution in [0.15, 0.2) is 17.3 Å². The second kappa shape index (κ2) is 6.24. The van der Waals surface area contributed by atoms with E-state index in [9.17, 15) is 8.42 Å². The van der Waals surface area contributed by atoms with Gasteiger partial charge in [-0.1, -0.05) is 20.8 Å². The lowest BCUT2D eigenvalue weighted by atomic mass is 9.83. The minimum Gasteiger partial charge on any atom is -0.313 e. The van der Waals surface area contributed by atoms with Crippen molar-refractivity contribution < 1.29 is 8.42 Å². The van der Waals surface area contributed by atoms with Crippen LogP contribution in [0.5, 0.6) is 0 Å². The molecule has 0 atom stereocenters. The highest BCUT2D eigenvalue weighted by Crippen LogP contribution is 2.27. The monoisotopic (exact) mass is 300 g/mol. The molecule has 0 aromatic carbocycles. The fourth-order valence-corrected chi connectivity index (χ4v) is 3.57. The van der Waals surface area contributed by atoms with Crippen LogP contribution in [0.4, 0.5) is 0 Å². The zero-order valence-corrected chi connectivity index (χ0v) is 13.2. The first-order valence-corrected chi connectivity index (χ1v) is 8.63. The van der Waals surface area contributed by atoms with E-state index < -0.39 is 10.0 Å². The summed E-state index contributed by atoms with van der Waals surface area (Å²) < 4.78 is 28.7. The number of aromatic nitrogens is 2. The highest BCUT2D eigenvalue weighted by molar-refractivity contribution is 7.89. The second-order valence-corrected chi connectivity index (χ2v) is 7.66. The van der Waals surface area contributed by atoms with Crippen LogP contribution in [0.3, 0.4) is 0 Å². The van der Waals surface area contributed by atoms with Crippen LogP contribution in [0.2, 0.25) is 0 Å². The van der Waals surface area contributed by atoms with Crippen molar-refractivity contribution in [3.8, 4) is 0 Å². The van der Waals surface area contributed by atoms with Crippen LogP contribution in [0.1, 0.15) is 33.6 Å². The Labute approximate surface area is 121 Å².